The minimum absolute atomic E-state index is 0.0140. The lowest BCUT2D eigenvalue weighted by Crippen LogP contribution is -2.14. The Kier molecular flexibility index (Phi) is 6.90. The van der Waals surface area contributed by atoms with Gasteiger partial charge in [-0.05, 0) is 30.9 Å². The number of aromatic amines is 1. The van der Waals surface area contributed by atoms with Crippen LogP contribution in [0.2, 0.25) is 0 Å². The molecule has 0 aliphatic heterocycles. The number of benzene rings is 1. The quantitative estimate of drug-likeness (QED) is 0.440. The van der Waals surface area contributed by atoms with Gasteiger partial charge in [-0.3, -0.25) is 4.79 Å². The van der Waals surface area contributed by atoms with Crippen LogP contribution in [0.15, 0.2) is 28.2 Å². The molecule has 0 aliphatic rings. The zero-order chi connectivity index (χ0) is 18.2. The van der Waals surface area contributed by atoms with Crippen molar-refractivity contribution in [1.82, 2.24) is 9.97 Å². The molecule has 0 saturated carbocycles. The van der Waals surface area contributed by atoms with Crippen LogP contribution in [0.3, 0.4) is 0 Å². The molecule has 1 N–H and O–H groups in total. The van der Waals surface area contributed by atoms with E-state index in [1.165, 1.54) is 11.8 Å². The van der Waals surface area contributed by atoms with Crippen LogP contribution in [0.4, 0.5) is 0 Å². The smallest absolute Gasteiger partial charge is 0.270 e. The Labute approximate surface area is 151 Å². The normalized spacial score (nSPS) is 10.3. The van der Waals surface area contributed by atoms with Crippen LogP contribution in [-0.4, -0.2) is 29.9 Å². The van der Waals surface area contributed by atoms with E-state index >= 15 is 0 Å². The van der Waals surface area contributed by atoms with Crippen LogP contribution in [0.1, 0.15) is 31.7 Å². The number of hydrogen-bond donors (Lipinski definition) is 1. The van der Waals surface area contributed by atoms with Crippen LogP contribution in [-0.2, 0) is 0 Å². The van der Waals surface area contributed by atoms with Gasteiger partial charge in [0.05, 0.1) is 19.4 Å². The van der Waals surface area contributed by atoms with Crippen LogP contribution in [0, 0.1) is 11.3 Å². The molecule has 0 unspecified atom stereocenters. The van der Waals surface area contributed by atoms with E-state index in [9.17, 15) is 10.1 Å². The van der Waals surface area contributed by atoms with E-state index in [1.807, 2.05) is 12.3 Å². The fourth-order valence-electron chi connectivity index (χ4n) is 2.33. The number of H-pyrrole nitrogens is 1. The summed E-state index contributed by atoms with van der Waals surface area (Å²) in [4.78, 5) is 19.1. The summed E-state index contributed by atoms with van der Waals surface area (Å²) in [6.07, 6.45) is 4.96. The molecule has 132 valence electrons. The number of hydrogen-bond acceptors (Lipinski definition) is 6. The molecular formula is C18H21N3O3S. The van der Waals surface area contributed by atoms with Crippen LogP contribution in [0.5, 0.6) is 11.5 Å². The van der Waals surface area contributed by atoms with Crippen molar-refractivity contribution in [2.75, 3.05) is 20.0 Å². The number of thioether (sulfide) groups is 1. The Hall–Kier alpha value is -2.46. The fourth-order valence-corrected chi connectivity index (χ4v) is 2.71. The van der Waals surface area contributed by atoms with Crippen molar-refractivity contribution < 1.29 is 9.47 Å². The lowest BCUT2D eigenvalue weighted by molar-refractivity contribution is 0.286. The maximum atomic E-state index is 12.1. The van der Waals surface area contributed by atoms with Gasteiger partial charge in [-0.1, -0.05) is 31.5 Å². The fraction of sp³-hybridized carbons (Fsp3) is 0.389. The summed E-state index contributed by atoms with van der Waals surface area (Å²) >= 11 is 1.31. The van der Waals surface area contributed by atoms with Crippen molar-refractivity contribution in [3.05, 3.63) is 34.1 Å². The summed E-state index contributed by atoms with van der Waals surface area (Å²) in [6, 6.07) is 7.22. The predicted molar refractivity (Wildman–Crippen MR) is 98.4 cm³/mol. The molecule has 2 rings (SSSR count). The molecular weight excluding hydrogens is 338 g/mol. The van der Waals surface area contributed by atoms with E-state index < -0.39 is 5.56 Å². The van der Waals surface area contributed by atoms with Gasteiger partial charge in [0.2, 0.25) is 0 Å². The van der Waals surface area contributed by atoms with Crippen molar-refractivity contribution in [3.63, 3.8) is 0 Å². The molecule has 0 atom stereocenters. The molecule has 6 nitrogen and oxygen atoms in total. The van der Waals surface area contributed by atoms with E-state index in [0.717, 1.165) is 19.3 Å². The van der Waals surface area contributed by atoms with Crippen LogP contribution in [0.25, 0.3) is 11.3 Å². The van der Waals surface area contributed by atoms with E-state index in [2.05, 4.69) is 16.9 Å². The highest BCUT2D eigenvalue weighted by atomic mass is 32.2. The number of unbranched alkanes of at least 4 members (excludes halogenated alkanes) is 2. The molecule has 0 saturated heterocycles. The number of rotatable bonds is 8. The highest BCUT2D eigenvalue weighted by molar-refractivity contribution is 7.98. The van der Waals surface area contributed by atoms with Crippen molar-refractivity contribution in [3.8, 4) is 28.8 Å². The molecule has 2 aromatic rings. The first-order valence-corrected chi connectivity index (χ1v) is 9.26. The molecule has 7 heteroatoms. The van der Waals surface area contributed by atoms with Gasteiger partial charge in [0.25, 0.3) is 5.56 Å². The summed E-state index contributed by atoms with van der Waals surface area (Å²) in [5.74, 6) is 1.18. The van der Waals surface area contributed by atoms with Gasteiger partial charge in [0, 0.05) is 5.56 Å². The second-order valence-corrected chi connectivity index (χ2v) is 6.13. The van der Waals surface area contributed by atoms with Crippen molar-refractivity contribution >= 4 is 11.8 Å². The number of aromatic nitrogens is 2. The minimum Gasteiger partial charge on any atom is -0.493 e. The van der Waals surface area contributed by atoms with E-state index in [1.54, 1.807) is 25.3 Å². The Balaban J connectivity index is 2.44. The first-order chi connectivity index (χ1) is 12.1. The topological polar surface area (TPSA) is 88.0 Å². The zero-order valence-corrected chi connectivity index (χ0v) is 15.4. The molecule has 0 fully saturated rings. The first kappa shape index (κ1) is 18.9. The second-order valence-electron chi connectivity index (χ2n) is 5.33. The van der Waals surface area contributed by atoms with Crippen molar-refractivity contribution in [2.45, 2.75) is 31.3 Å². The monoisotopic (exact) mass is 359 g/mol. The van der Waals surface area contributed by atoms with Gasteiger partial charge in [0.15, 0.2) is 16.7 Å². The van der Waals surface area contributed by atoms with Crippen molar-refractivity contribution in [1.29, 1.82) is 5.26 Å². The summed E-state index contributed by atoms with van der Waals surface area (Å²) in [6.45, 7) is 2.71. The largest absolute Gasteiger partial charge is 0.493 e. The van der Waals surface area contributed by atoms with E-state index in [4.69, 9.17) is 9.47 Å². The minimum atomic E-state index is -0.446. The highest BCUT2D eigenvalue weighted by Crippen LogP contribution is 2.33. The SMILES string of the molecule is CCCCCOc1cc(-c2nc(SC)[nH]c(=O)c2C#N)ccc1OC. The van der Waals surface area contributed by atoms with Crippen molar-refractivity contribution in [2.24, 2.45) is 0 Å². The van der Waals surface area contributed by atoms with E-state index in [-0.39, 0.29) is 5.56 Å². The third kappa shape index (κ3) is 4.54. The Bertz CT molecular complexity index is 827. The lowest BCUT2D eigenvalue weighted by Gasteiger charge is -2.13. The Morgan fingerprint density at radius 2 is 2.12 bits per heavy atom. The average Bonchev–Trinajstić information content (AvgIpc) is 2.64. The molecule has 1 heterocycles. The van der Waals surface area contributed by atoms with Gasteiger partial charge in [0.1, 0.15) is 11.6 Å². The second kappa shape index (κ2) is 9.14. The number of ether oxygens (including phenoxy) is 2. The Morgan fingerprint density at radius 1 is 1.32 bits per heavy atom. The van der Waals surface area contributed by atoms with Gasteiger partial charge < -0.3 is 14.5 Å². The number of nitrogens with one attached hydrogen (secondary N) is 1. The predicted octanol–water partition coefficient (Wildman–Crippen LogP) is 3.61. The molecule has 0 spiro atoms. The molecule has 0 radical (unpaired) electrons. The third-order valence-corrected chi connectivity index (χ3v) is 4.23. The maximum absolute atomic E-state index is 12.1. The number of nitrogens with zero attached hydrogens (tertiary/aromatic N) is 2. The molecule has 0 aliphatic carbocycles. The van der Waals surface area contributed by atoms with Gasteiger partial charge in [-0.2, -0.15) is 5.26 Å². The summed E-state index contributed by atoms with van der Waals surface area (Å²) in [5.41, 5.74) is 0.527. The van der Waals surface area contributed by atoms with E-state index in [0.29, 0.717) is 34.5 Å². The summed E-state index contributed by atoms with van der Waals surface area (Å²) in [7, 11) is 1.58. The van der Waals surface area contributed by atoms with Gasteiger partial charge in [-0.25, -0.2) is 4.98 Å². The standard InChI is InChI=1S/C18H21N3O3S/c1-4-5-6-9-24-15-10-12(7-8-14(15)23-2)16-13(11-19)17(22)21-18(20-16)25-3/h7-8,10H,4-6,9H2,1-3H3,(H,20,21,22). The highest BCUT2D eigenvalue weighted by Gasteiger charge is 2.15. The molecule has 0 amide bonds. The summed E-state index contributed by atoms with van der Waals surface area (Å²) < 4.78 is 11.2. The van der Waals surface area contributed by atoms with Crippen LogP contribution >= 0.6 is 11.8 Å². The zero-order valence-electron chi connectivity index (χ0n) is 14.6. The molecule has 1 aromatic carbocycles. The van der Waals surface area contributed by atoms with Gasteiger partial charge >= 0.3 is 0 Å². The first-order valence-electron chi connectivity index (χ1n) is 8.04. The number of nitriles is 1. The lowest BCUT2D eigenvalue weighted by atomic mass is 10.1. The summed E-state index contributed by atoms with van der Waals surface area (Å²) in [5, 5.41) is 9.78. The maximum Gasteiger partial charge on any atom is 0.270 e. The molecule has 1 aromatic heterocycles. The Morgan fingerprint density at radius 3 is 2.76 bits per heavy atom. The average molecular weight is 359 g/mol. The molecule has 0 bridgehead atoms. The molecule has 25 heavy (non-hydrogen) atoms. The number of methoxy groups -OCH3 is 1. The third-order valence-electron chi connectivity index (χ3n) is 3.65. The van der Waals surface area contributed by atoms with Gasteiger partial charge in [-0.15, -0.1) is 0 Å². The van der Waals surface area contributed by atoms with Crippen LogP contribution < -0.4 is 15.0 Å².